The first-order chi connectivity index (χ1) is 12.6. The van der Waals surface area contributed by atoms with E-state index >= 15 is 0 Å². The monoisotopic (exact) mass is 355 g/mol. The molecule has 1 aliphatic rings. The number of carbonyl (C=O) groups is 1. The number of hydrogen-bond acceptors (Lipinski definition) is 7. The van der Waals surface area contributed by atoms with Crippen molar-refractivity contribution in [2.45, 2.75) is 6.04 Å². The van der Waals surface area contributed by atoms with Crippen molar-refractivity contribution >= 4 is 17.4 Å². The van der Waals surface area contributed by atoms with Gasteiger partial charge >= 0.3 is 0 Å². The highest BCUT2D eigenvalue weighted by Gasteiger charge is 2.29. The average molecular weight is 355 g/mol. The molecule has 5 N–H and O–H groups in total. The van der Waals surface area contributed by atoms with E-state index < -0.39 is 0 Å². The van der Waals surface area contributed by atoms with E-state index in [0.717, 1.165) is 5.56 Å². The number of carbonyl (C=O) groups excluding carboxylic acids is 1. The van der Waals surface area contributed by atoms with Crippen LogP contribution in [0.4, 0.5) is 11.5 Å². The summed E-state index contributed by atoms with van der Waals surface area (Å²) in [6, 6.07) is 1.76. The molecule has 1 fully saturated rings. The molecule has 0 bridgehead atoms. The molecule has 136 valence electrons. The van der Waals surface area contributed by atoms with Crippen molar-refractivity contribution in [3.05, 3.63) is 47.2 Å². The Morgan fingerprint density at radius 3 is 3.00 bits per heavy atom. The Labute approximate surface area is 150 Å². The summed E-state index contributed by atoms with van der Waals surface area (Å²) < 4.78 is 0. The van der Waals surface area contributed by atoms with Crippen LogP contribution in [0.15, 0.2) is 41.6 Å². The van der Waals surface area contributed by atoms with Crippen molar-refractivity contribution in [1.29, 1.82) is 0 Å². The lowest BCUT2D eigenvalue weighted by atomic mass is 10.1. The third kappa shape index (κ3) is 3.89. The SMILES string of the molecule is CNc1cncc(-c2c[nH]c(=O)c(NC3CN(C(=O)C=CCN)C3)c2)n1. The zero-order chi connectivity index (χ0) is 18.5. The van der Waals surface area contributed by atoms with Gasteiger partial charge in [-0.05, 0) is 6.07 Å². The molecule has 9 heteroatoms. The lowest BCUT2D eigenvalue weighted by molar-refractivity contribution is -0.129. The number of nitrogens with zero attached hydrogens (tertiary/aromatic N) is 3. The van der Waals surface area contributed by atoms with Crippen molar-refractivity contribution < 1.29 is 4.79 Å². The molecular formula is C17H21N7O2. The van der Waals surface area contributed by atoms with Gasteiger partial charge in [-0.2, -0.15) is 0 Å². The molecule has 0 unspecified atom stereocenters. The van der Waals surface area contributed by atoms with Gasteiger partial charge in [0.1, 0.15) is 11.5 Å². The van der Waals surface area contributed by atoms with Crippen LogP contribution in [-0.2, 0) is 4.79 Å². The summed E-state index contributed by atoms with van der Waals surface area (Å²) in [5.74, 6) is 0.567. The second-order valence-electron chi connectivity index (χ2n) is 5.89. The van der Waals surface area contributed by atoms with Gasteiger partial charge in [0.15, 0.2) is 0 Å². The Morgan fingerprint density at radius 1 is 1.46 bits per heavy atom. The van der Waals surface area contributed by atoms with Crippen molar-refractivity contribution in [1.82, 2.24) is 19.9 Å². The number of nitrogens with one attached hydrogen (secondary N) is 3. The number of rotatable bonds is 6. The number of H-pyrrole nitrogens is 1. The lowest BCUT2D eigenvalue weighted by Crippen LogP contribution is -2.57. The zero-order valence-electron chi connectivity index (χ0n) is 14.4. The number of hydrogen-bond donors (Lipinski definition) is 4. The highest BCUT2D eigenvalue weighted by molar-refractivity contribution is 5.88. The van der Waals surface area contributed by atoms with Crippen LogP contribution in [0.25, 0.3) is 11.3 Å². The van der Waals surface area contributed by atoms with E-state index in [2.05, 4.69) is 25.6 Å². The number of likely N-dealkylation sites (tertiary alicyclic amines) is 1. The normalized spacial score (nSPS) is 14.3. The minimum Gasteiger partial charge on any atom is -0.374 e. The third-order valence-electron chi connectivity index (χ3n) is 4.04. The molecule has 26 heavy (non-hydrogen) atoms. The quantitative estimate of drug-likeness (QED) is 0.537. The van der Waals surface area contributed by atoms with Gasteiger partial charge in [-0.15, -0.1) is 0 Å². The fourth-order valence-corrected chi connectivity index (χ4v) is 2.61. The van der Waals surface area contributed by atoms with Crippen LogP contribution >= 0.6 is 0 Å². The first kappa shape index (κ1) is 17.6. The summed E-state index contributed by atoms with van der Waals surface area (Å²) in [6.07, 6.45) is 7.94. The van der Waals surface area contributed by atoms with E-state index in [4.69, 9.17) is 5.73 Å². The van der Waals surface area contributed by atoms with Crippen LogP contribution in [-0.4, -0.2) is 58.5 Å². The molecular weight excluding hydrogens is 334 g/mol. The Morgan fingerprint density at radius 2 is 2.27 bits per heavy atom. The van der Waals surface area contributed by atoms with E-state index in [1.54, 1.807) is 42.7 Å². The van der Waals surface area contributed by atoms with Crippen LogP contribution in [0.3, 0.4) is 0 Å². The zero-order valence-corrected chi connectivity index (χ0v) is 14.4. The minimum atomic E-state index is -0.223. The van der Waals surface area contributed by atoms with Crippen molar-refractivity contribution in [3.8, 4) is 11.3 Å². The van der Waals surface area contributed by atoms with Gasteiger partial charge in [-0.25, -0.2) is 4.98 Å². The summed E-state index contributed by atoms with van der Waals surface area (Å²) in [7, 11) is 1.76. The largest absolute Gasteiger partial charge is 0.374 e. The van der Waals surface area contributed by atoms with E-state index in [9.17, 15) is 9.59 Å². The molecule has 0 atom stereocenters. The molecule has 0 aliphatic carbocycles. The van der Waals surface area contributed by atoms with Gasteiger partial charge in [0.25, 0.3) is 5.56 Å². The summed E-state index contributed by atoms with van der Waals surface area (Å²) >= 11 is 0. The molecule has 1 saturated heterocycles. The summed E-state index contributed by atoms with van der Waals surface area (Å²) in [5, 5.41) is 6.11. The maximum Gasteiger partial charge on any atom is 0.271 e. The number of pyridine rings is 1. The predicted molar refractivity (Wildman–Crippen MR) is 99.8 cm³/mol. The third-order valence-corrected chi connectivity index (χ3v) is 4.04. The maximum absolute atomic E-state index is 12.1. The molecule has 3 heterocycles. The molecule has 0 radical (unpaired) electrons. The summed E-state index contributed by atoms with van der Waals surface area (Å²) in [4.78, 5) is 36.8. The lowest BCUT2D eigenvalue weighted by Gasteiger charge is -2.39. The Hall–Kier alpha value is -3.20. The van der Waals surface area contributed by atoms with Gasteiger partial charge in [0, 0.05) is 44.5 Å². The fraction of sp³-hybridized carbons (Fsp3) is 0.294. The maximum atomic E-state index is 12.1. The molecule has 1 amide bonds. The summed E-state index contributed by atoms with van der Waals surface area (Å²) in [6.45, 7) is 1.40. The van der Waals surface area contributed by atoms with Gasteiger partial charge in [-0.1, -0.05) is 6.08 Å². The van der Waals surface area contributed by atoms with E-state index in [1.807, 2.05) is 0 Å². The minimum absolute atomic E-state index is 0.0244. The number of nitrogens with two attached hydrogens (primary N) is 1. The second kappa shape index (κ2) is 7.79. The van der Waals surface area contributed by atoms with Crippen LogP contribution in [0.2, 0.25) is 0 Å². The van der Waals surface area contributed by atoms with Gasteiger partial charge in [-0.3, -0.25) is 14.6 Å². The molecule has 2 aromatic rings. The van der Waals surface area contributed by atoms with Gasteiger partial charge < -0.3 is 26.3 Å². The van der Waals surface area contributed by atoms with Gasteiger partial charge in [0.05, 0.1) is 24.1 Å². The molecule has 3 rings (SSSR count). The Bertz CT molecular complexity index is 871. The molecule has 9 nitrogen and oxygen atoms in total. The number of amides is 1. The Balaban J connectivity index is 1.69. The van der Waals surface area contributed by atoms with Crippen molar-refractivity contribution in [2.75, 3.05) is 37.3 Å². The fourth-order valence-electron chi connectivity index (χ4n) is 2.61. The van der Waals surface area contributed by atoms with E-state index in [-0.39, 0.29) is 17.5 Å². The van der Waals surface area contributed by atoms with Crippen molar-refractivity contribution in [2.24, 2.45) is 5.73 Å². The molecule has 2 aromatic heterocycles. The standard InChI is InChI=1S/C17H21N7O2/c1-19-15-8-20-7-14(23-15)11-5-13(17(26)21-6-11)22-12-9-24(10-12)16(25)3-2-4-18/h2-3,5-8,12,22H,4,9-10,18H2,1H3,(H,19,23)(H,21,26). The second-order valence-corrected chi connectivity index (χ2v) is 5.89. The van der Waals surface area contributed by atoms with Crippen LogP contribution in [0.1, 0.15) is 0 Å². The molecule has 1 aliphatic heterocycles. The number of aromatic amines is 1. The summed E-state index contributed by atoms with van der Waals surface area (Å²) in [5.41, 5.74) is 6.95. The van der Waals surface area contributed by atoms with Crippen molar-refractivity contribution in [3.63, 3.8) is 0 Å². The van der Waals surface area contributed by atoms with Crippen LogP contribution in [0.5, 0.6) is 0 Å². The number of anilines is 2. The molecule has 0 aromatic carbocycles. The van der Waals surface area contributed by atoms with Crippen LogP contribution < -0.4 is 21.9 Å². The van der Waals surface area contributed by atoms with Gasteiger partial charge in [0.2, 0.25) is 5.91 Å². The Kier molecular flexibility index (Phi) is 5.28. The number of aromatic nitrogens is 3. The predicted octanol–water partition coefficient (Wildman–Crippen LogP) is 0.0112. The highest BCUT2D eigenvalue weighted by atomic mass is 16.2. The first-order valence-corrected chi connectivity index (χ1v) is 8.25. The highest BCUT2D eigenvalue weighted by Crippen LogP contribution is 2.20. The topological polar surface area (TPSA) is 129 Å². The molecule has 0 spiro atoms. The smallest absolute Gasteiger partial charge is 0.271 e. The average Bonchev–Trinajstić information content (AvgIpc) is 2.63. The van der Waals surface area contributed by atoms with E-state index in [1.165, 1.54) is 6.08 Å². The molecule has 0 saturated carbocycles. The first-order valence-electron chi connectivity index (χ1n) is 8.25. The van der Waals surface area contributed by atoms with Crippen LogP contribution in [0, 0.1) is 0 Å². The van der Waals surface area contributed by atoms with E-state index in [0.29, 0.717) is 36.8 Å².